The van der Waals surface area contributed by atoms with Gasteiger partial charge in [-0.2, -0.15) is 0 Å². The molecule has 0 N–H and O–H groups in total. The van der Waals surface area contributed by atoms with E-state index in [1.165, 1.54) is 23.5 Å². The third-order valence-corrected chi connectivity index (χ3v) is 9.40. The fourth-order valence-corrected chi connectivity index (χ4v) is 6.62. The highest BCUT2D eigenvalue weighted by Gasteiger charge is 2.22. The molecular formula is C26H32FN3O4S2. The Morgan fingerprint density at radius 3 is 2.56 bits per heavy atom. The second-order valence-electron chi connectivity index (χ2n) is 9.08. The molecule has 4 rings (SSSR count). The quantitative estimate of drug-likeness (QED) is 0.360. The number of amides is 1. The first-order chi connectivity index (χ1) is 17.2. The lowest BCUT2D eigenvalue weighted by Gasteiger charge is -2.27. The first-order valence-corrected chi connectivity index (χ1v) is 14.7. The van der Waals surface area contributed by atoms with Gasteiger partial charge in [-0.25, -0.2) is 17.8 Å². The highest BCUT2D eigenvalue weighted by molar-refractivity contribution is 7.91. The lowest BCUT2D eigenvalue weighted by molar-refractivity contribution is -0.118. The molecule has 1 amide bonds. The number of carbonyl (C=O) groups excluding carboxylic acids is 1. The number of morpholine rings is 1. The minimum absolute atomic E-state index is 0.0655. The minimum Gasteiger partial charge on any atom is -0.379 e. The highest BCUT2D eigenvalue weighted by atomic mass is 32.2. The molecule has 2 aromatic carbocycles. The molecule has 1 aliphatic rings. The van der Waals surface area contributed by atoms with Crippen molar-refractivity contribution in [3.63, 3.8) is 0 Å². The normalized spacial score (nSPS) is 14.9. The molecule has 36 heavy (non-hydrogen) atoms. The third kappa shape index (κ3) is 6.47. The summed E-state index contributed by atoms with van der Waals surface area (Å²) in [5.41, 5.74) is 3.15. The van der Waals surface area contributed by atoms with Gasteiger partial charge in [0, 0.05) is 32.6 Å². The van der Waals surface area contributed by atoms with Crippen LogP contribution in [0.2, 0.25) is 0 Å². The van der Waals surface area contributed by atoms with Crippen molar-refractivity contribution in [2.45, 2.75) is 38.0 Å². The maximum atomic E-state index is 13.3. The van der Waals surface area contributed by atoms with Crippen LogP contribution in [0.15, 0.2) is 41.3 Å². The van der Waals surface area contributed by atoms with Crippen molar-refractivity contribution < 1.29 is 22.3 Å². The van der Waals surface area contributed by atoms with Crippen molar-refractivity contribution in [3.05, 3.63) is 53.3 Å². The number of anilines is 1. The van der Waals surface area contributed by atoms with Crippen molar-refractivity contribution in [2.24, 2.45) is 0 Å². The summed E-state index contributed by atoms with van der Waals surface area (Å²) in [7, 11) is -3.59. The predicted octanol–water partition coefficient (Wildman–Crippen LogP) is 4.36. The van der Waals surface area contributed by atoms with Gasteiger partial charge in [0.2, 0.25) is 5.91 Å². The van der Waals surface area contributed by atoms with Crippen LogP contribution in [0.4, 0.5) is 9.52 Å². The maximum absolute atomic E-state index is 13.3. The Morgan fingerprint density at radius 1 is 1.11 bits per heavy atom. The average molecular weight is 534 g/mol. The molecule has 1 aromatic heterocycles. The summed E-state index contributed by atoms with van der Waals surface area (Å²) in [6, 6.07) is 8.87. The van der Waals surface area contributed by atoms with E-state index < -0.39 is 15.7 Å². The van der Waals surface area contributed by atoms with Gasteiger partial charge in [0.25, 0.3) is 0 Å². The number of hydrogen-bond acceptors (Lipinski definition) is 7. The molecule has 3 aromatic rings. The highest BCUT2D eigenvalue weighted by Crippen LogP contribution is 2.32. The zero-order valence-corrected chi connectivity index (χ0v) is 22.3. The lowest BCUT2D eigenvalue weighted by Crippen LogP contribution is -2.39. The molecule has 1 aliphatic heterocycles. The van der Waals surface area contributed by atoms with Gasteiger partial charge < -0.3 is 4.74 Å². The number of ether oxygens (including phenoxy) is 1. The van der Waals surface area contributed by atoms with Crippen LogP contribution in [0.25, 0.3) is 10.2 Å². The van der Waals surface area contributed by atoms with Crippen molar-refractivity contribution in [2.75, 3.05) is 50.0 Å². The third-order valence-electron chi connectivity index (χ3n) is 6.54. The van der Waals surface area contributed by atoms with Gasteiger partial charge in [-0.05, 0) is 68.1 Å². The van der Waals surface area contributed by atoms with Gasteiger partial charge in [0.1, 0.15) is 5.82 Å². The number of aromatic nitrogens is 1. The number of sulfone groups is 1. The summed E-state index contributed by atoms with van der Waals surface area (Å²) in [5.74, 6) is -0.803. The maximum Gasteiger partial charge on any atom is 0.228 e. The van der Waals surface area contributed by atoms with Gasteiger partial charge in [0.05, 0.1) is 34.1 Å². The van der Waals surface area contributed by atoms with Gasteiger partial charge in [-0.3, -0.25) is 14.6 Å². The van der Waals surface area contributed by atoms with Gasteiger partial charge >= 0.3 is 0 Å². The van der Waals surface area contributed by atoms with Crippen LogP contribution in [-0.4, -0.2) is 69.4 Å². The molecule has 1 fully saturated rings. The number of nitrogens with zero attached hydrogens (tertiary/aromatic N) is 3. The summed E-state index contributed by atoms with van der Waals surface area (Å²) >= 11 is 1.49. The van der Waals surface area contributed by atoms with Crippen LogP contribution >= 0.6 is 11.3 Å². The largest absolute Gasteiger partial charge is 0.379 e. The number of rotatable bonds is 10. The standard InChI is InChI=1S/C26H32FN3O4S2/c1-19-6-11-23-25(20(19)2)28-26(35-23)30(13-4-12-29-14-16-34-17-15-29)24(31)5-3-18-36(32,33)22-9-7-21(27)8-10-22/h6-11H,3-5,12-18H2,1-2H3. The van der Waals surface area contributed by atoms with Crippen LogP contribution < -0.4 is 4.90 Å². The van der Waals surface area contributed by atoms with Gasteiger partial charge in [-0.15, -0.1) is 0 Å². The Bertz CT molecular complexity index is 1300. The van der Waals surface area contributed by atoms with Crippen LogP contribution in [0.1, 0.15) is 30.4 Å². The molecule has 10 heteroatoms. The van der Waals surface area contributed by atoms with Crippen LogP contribution in [0, 0.1) is 19.7 Å². The first kappa shape index (κ1) is 26.7. The molecule has 0 bridgehead atoms. The number of hydrogen-bond donors (Lipinski definition) is 0. The topological polar surface area (TPSA) is 79.8 Å². The molecule has 0 spiro atoms. The molecule has 1 saturated heterocycles. The van der Waals surface area contributed by atoms with E-state index in [0.29, 0.717) is 11.7 Å². The summed E-state index contributed by atoms with van der Waals surface area (Å²) in [4.78, 5) is 22.2. The number of thiazole rings is 1. The van der Waals surface area contributed by atoms with Crippen molar-refractivity contribution in [3.8, 4) is 0 Å². The van der Waals surface area contributed by atoms with E-state index in [2.05, 4.69) is 11.0 Å². The van der Waals surface area contributed by atoms with E-state index in [-0.39, 0.29) is 29.4 Å². The molecule has 0 saturated carbocycles. The number of aryl methyl sites for hydroxylation is 2. The molecular weight excluding hydrogens is 501 g/mol. The second-order valence-corrected chi connectivity index (χ2v) is 12.2. The smallest absolute Gasteiger partial charge is 0.228 e. The zero-order chi connectivity index (χ0) is 25.7. The summed E-state index contributed by atoms with van der Waals surface area (Å²) in [6.45, 7) is 8.66. The Hall–Kier alpha value is -2.40. The Labute approximate surface area is 215 Å². The number of carbonyl (C=O) groups is 1. The zero-order valence-electron chi connectivity index (χ0n) is 20.7. The van der Waals surface area contributed by atoms with E-state index in [9.17, 15) is 17.6 Å². The van der Waals surface area contributed by atoms with E-state index in [0.717, 1.165) is 72.7 Å². The minimum atomic E-state index is -3.59. The molecule has 2 heterocycles. The van der Waals surface area contributed by atoms with Gasteiger partial charge in [0.15, 0.2) is 15.0 Å². The van der Waals surface area contributed by atoms with E-state index >= 15 is 0 Å². The molecule has 194 valence electrons. The van der Waals surface area contributed by atoms with E-state index in [1.807, 2.05) is 19.9 Å². The van der Waals surface area contributed by atoms with Crippen molar-refractivity contribution in [1.82, 2.24) is 9.88 Å². The van der Waals surface area contributed by atoms with Crippen molar-refractivity contribution >= 4 is 42.4 Å². The van der Waals surface area contributed by atoms with E-state index in [1.54, 1.807) is 4.90 Å². The number of halogens is 1. The average Bonchev–Trinajstić information content (AvgIpc) is 3.29. The molecule has 0 radical (unpaired) electrons. The lowest BCUT2D eigenvalue weighted by atomic mass is 10.1. The Kier molecular flexibility index (Phi) is 8.71. The number of benzene rings is 2. The van der Waals surface area contributed by atoms with Gasteiger partial charge in [-0.1, -0.05) is 17.4 Å². The van der Waals surface area contributed by atoms with Crippen molar-refractivity contribution in [1.29, 1.82) is 0 Å². The predicted molar refractivity (Wildman–Crippen MR) is 141 cm³/mol. The van der Waals surface area contributed by atoms with E-state index in [4.69, 9.17) is 9.72 Å². The monoisotopic (exact) mass is 533 g/mol. The van der Waals surface area contributed by atoms with Crippen LogP contribution in [0.5, 0.6) is 0 Å². The Morgan fingerprint density at radius 2 is 1.83 bits per heavy atom. The summed E-state index contributed by atoms with van der Waals surface area (Å²) in [6.07, 6.45) is 1.06. The summed E-state index contributed by atoms with van der Waals surface area (Å²) < 4.78 is 44.9. The fourth-order valence-electron chi connectivity index (χ4n) is 4.24. The molecule has 0 aliphatic carbocycles. The van der Waals surface area contributed by atoms with Crippen LogP contribution in [0.3, 0.4) is 0 Å². The summed E-state index contributed by atoms with van der Waals surface area (Å²) in [5, 5.41) is 0.645. The first-order valence-electron chi connectivity index (χ1n) is 12.2. The van der Waals surface area contributed by atoms with Crippen LogP contribution in [-0.2, 0) is 19.4 Å². The fraction of sp³-hybridized carbons (Fsp3) is 0.462. The molecule has 0 unspecified atom stereocenters. The number of fused-ring (bicyclic) bond motifs is 1. The molecule has 0 atom stereocenters. The molecule has 7 nitrogen and oxygen atoms in total. The SMILES string of the molecule is Cc1ccc2sc(N(CCCN3CCOCC3)C(=O)CCCS(=O)(=O)c3ccc(F)cc3)nc2c1C. The second kappa shape index (κ2) is 11.8. The Balaban J connectivity index is 1.45.